The van der Waals surface area contributed by atoms with Crippen LogP contribution in [-0.4, -0.2) is 9.97 Å². The standard InChI is InChI=1S/C11H8ClFN2O/c1-6-5-14-10(15-11(6)16)8-4-7(12)2-3-9(8)13/h2-5H,1H3,(H,14,15,16). The summed E-state index contributed by atoms with van der Waals surface area (Å²) in [5.41, 5.74) is 0.375. The van der Waals surface area contributed by atoms with Crippen LogP contribution in [0.25, 0.3) is 11.4 Å². The van der Waals surface area contributed by atoms with Gasteiger partial charge in [0.1, 0.15) is 11.6 Å². The molecule has 0 fully saturated rings. The predicted octanol–water partition coefficient (Wildman–Crippen LogP) is 2.54. The van der Waals surface area contributed by atoms with Gasteiger partial charge in [0, 0.05) is 16.8 Å². The minimum atomic E-state index is -0.476. The summed E-state index contributed by atoms with van der Waals surface area (Å²) >= 11 is 5.75. The second kappa shape index (κ2) is 4.06. The maximum atomic E-state index is 13.5. The third-order valence-corrected chi connectivity index (χ3v) is 2.40. The molecule has 0 saturated heterocycles. The summed E-state index contributed by atoms with van der Waals surface area (Å²) in [5.74, 6) is -0.299. The SMILES string of the molecule is Cc1cnc(-c2cc(Cl)ccc2F)[nH]c1=O. The fourth-order valence-corrected chi connectivity index (χ4v) is 1.45. The maximum Gasteiger partial charge on any atom is 0.254 e. The van der Waals surface area contributed by atoms with Crippen LogP contribution in [0.1, 0.15) is 5.56 Å². The van der Waals surface area contributed by atoms with Crippen molar-refractivity contribution in [3.8, 4) is 11.4 Å². The molecular weight excluding hydrogens is 231 g/mol. The molecule has 2 rings (SSSR count). The highest BCUT2D eigenvalue weighted by Gasteiger charge is 2.08. The Bertz CT molecular complexity index is 595. The van der Waals surface area contributed by atoms with Crippen LogP contribution in [0, 0.1) is 12.7 Å². The Balaban J connectivity index is 2.63. The highest BCUT2D eigenvalue weighted by Crippen LogP contribution is 2.22. The lowest BCUT2D eigenvalue weighted by molar-refractivity contribution is 0.630. The lowest BCUT2D eigenvalue weighted by Crippen LogP contribution is -2.11. The van der Waals surface area contributed by atoms with Crippen molar-refractivity contribution in [1.29, 1.82) is 0 Å². The monoisotopic (exact) mass is 238 g/mol. The third kappa shape index (κ3) is 1.97. The Morgan fingerprint density at radius 2 is 2.19 bits per heavy atom. The summed E-state index contributed by atoms with van der Waals surface area (Å²) in [6.45, 7) is 1.63. The van der Waals surface area contributed by atoms with Crippen LogP contribution in [0.4, 0.5) is 4.39 Å². The molecule has 0 aliphatic carbocycles. The van der Waals surface area contributed by atoms with Gasteiger partial charge in [-0.3, -0.25) is 4.79 Å². The first kappa shape index (κ1) is 10.8. The van der Waals surface area contributed by atoms with Gasteiger partial charge in [-0.15, -0.1) is 0 Å². The van der Waals surface area contributed by atoms with E-state index in [1.165, 1.54) is 24.4 Å². The Morgan fingerprint density at radius 3 is 2.88 bits per heavy atom. The van der Waals surface area contributed by atoms with Crippen molar-refractivity contribution >= 4 is 11.6 Å². The molecule has 2 aromatic rings. The van der Waals surface area contributed by atoms with Crippen molar-refractivity contribution in [1.82, 2.24) is 9.97 Å². The van der Waals surface area contributed by atoms with Gasteiger partial charge in [0.25, 0.3) is 5.56 Å². The van der Waals surface area contributed by atoms with Gasteiger partial charge < -0.3 is 4.98 Å². The molecular formula is C11H8ClFN2O. The first-order valence-corrected chi connectivity index (χ1v) is 4.97. The van der Waals surface area contributed by atoms with Crippen molar-refractivity contribution in [3.63, 3.8) is 0 Å². The number of H-pyrrole nitrogens is 1. The van der Waals surface area contributed by atoms with Crippen LogP contribution in [0.2, 0.25) is 5.02 Å². The zero-order valence-electron chi connectivity index (χ0n) is 8.42. The van der Waals surface area contributed by atoms with Crippen molar-refractivity contribution in [2.24, 2.45) is 0 Å². The van der Waals surface area contributed by atoms with Crippen LogP contribution < -0.4 is 5.56 Å². The van der Waals surface area contributed by atoms with Crippen molar-refractivity contribution in [3.05, 3.63) is 51.2 Å². The van der Waals surface area contributed by atoms with Crippen LogP contribution in [0.15, 0.2) is 29.2 Å². The van der Waals surface area contributed by atoms with E-state index in [-0.39, 0.29) is 16.9 Å². The molecule has 0 amide bonds. The molecule has 0 aliphatic heterocycles. The number of nitrogens with one attached hydrogen (secondary N) is 1. The molecule has 0 spiro atoms. The quantitative estimate of drug-likeness (QED) is 0.830. The van der Waals surface area contributed by atoms with Crippen LogP contribution in [-0.2, 0) is 0 Å². The number of nitrogens with zero attached hydrogens (tertiary/aromatic N) is 1. The highest BCUT2D eigenvalue weighted by molar-refractivity contribution is 6.30. The zero-order valence-corrected chi connectivity index (χ0v) is 9.18. The first-order valence-electron chi connectivity index (χ1n) is 4.59. The number of hydrogen-bond donors (Lipinski definition) is 1. The molecule has 5 heteroatoms. The molecule has 82 valence electrons. The predicted molar refractivity (Wildman–Crippen MR) is 60.0 cm³/mol. The van der Waals surface area contributed by atoms with Crippen LogP contribution >= 0.6 is 11.6 Å². The minimum absolute atomic E-state index is 0.176. The number of rotatable bonds is 1. The van der Waals surface area contributed by atoms with E-state index in [1.807, 2.05) is 0 Å². The molecule has 0 atom stereocenters. The molecule has 1 heterocycles. The average Bonchev–Trinajstić information content (AvgIpc) is 2.26. The van der Waals surface area contributed by atoms with E-state index < -0.39 is 5.82 Å². The fourth-order valence-electron chi connectivity index (χ4n) is 1.27. The fraction of sp³-hybridized carbons (Fsp3) is 0.0909. The van der Waals surface area contributed by atoms with Crippen LogP contribution in [0.3, 0.4) is 0 Å². The molecule has 0 unspecified atom stereocenters. The second-order valence-electron chi connectivity index (χ2n) is 3.37. The molecule has 1 N–H and O–H groups in total. The lowest BCUT2D eigenvalue weighted by atomic mass is 10.2. The molecule has 0 radical (unpaired) electrons. The van der Waals surface area contributed by atoms with E-state index in [1.54, 1.807) is 6.92 Å². The molecule has 1 aromatic carbocycles. The van der Waals surface area contributed by atoms with Gasteiger partial charge in [0.15, 0.2) is 0 Å². The Labute approximate surface area is 95.9 Å². The van der Waals surface area contributed by atoms with Crippen molar-refractivity contribution < 1.29 is 4.39 Å². The van der Waals surface area contributed by atoms with E-state index in [2.05, 4.69) is 9.97 Å². The third-order valence-electron chi connectivity index (χ3n) is 2.16. The number of aryl methyl sites for hydroxylation is 1. The number of aromatic amines is 1. The summed E-state index contributed by atoms with van der Waals surface area (Å²) in [4.78, 5) is 17.8. The van der Waals surface area contributed by atoms with E-state index in [0.29, 0.717) is 10.6 Å². The maximum absolute atomic E-state index is 13.5. The summed E-state index contributed by atoms with van der Waals surface area (Å²) in [7, 11) is 0. The molecule has 3 nitrogen and oxygen atoms in total. The molecule has 0 saturated carbocycles. The van der Waals surface area contributed by atoms with Crippen LogP contribution in [0.5, 0.6) is 0 Å². The van der Waals surface area contributed by atoms with E-state index >= 15 is 0 Å². The van der Waals surface area contributed by atoms with E-state index in [4.69, 9.17) is 11.6 Å². The second-order valence-corrected chi connectivity index (χ2v) is 3.80. The Morgan fingerprint density at radius 1 is 1.44 bits per heavy atom. The van der Waals surface area contributed by atoms with Crippen molar-refractivity contribution in [2.45, 2.75) is 6.92 Å². The minimum Gasteiger partial charge on any atom is -0.306 e. The summed E-state index contributed by atoms with van der Waals surface area (Å²) in [5, 5.41) is 0.389. The van der Waals surface area contributed by atoms with Gasteiger partial charge >= 0.3 is 0 Å². The van der Waals surface area contributed by atoms with Gasteiger partial charge in [-0.05, 0) is 25.1 Å². The average molecular weight is 239 g/mol. The Hall–Kier alpha value is -1.68. The summed E-state index contributed by atoms with van der Waals surface area (Å²) in [6, 6.07) is 4.09. The molecule has 1 aromatic heterocycles. The topological polar surface area (TPSA) is 45.8 Å². The number of halogens is 2. The molecule has 16 heavy (non-hydrogen) atoms. The summed E-state index contributed by atoms with van der Waals surface area (Å²) in [6.07, 6.45) is 1.40. The normalized spacial score (nSPS) is 10.4. The lowest BCUT2D eigenvalue weighted by Gasteiger charge is -2.03. The number of benzene rings is 1. The van der Waals surface area contributed by atoms with Gasteiger partial charge in [0.05, 0.1) is 5.56 Å². The van der Waals surface area contributed by atoms with Gasteiger partial charge in [-0.1, -0.05) is 11.6 Å². The van der Waals surface area contributed by atoms with E-state index in [0.717, 1.165) is 0 Å². The van der Waals surface area contributed by atoms with Crippen molar-refractivity contribution in [2.75, 3.05) is 0 Å². The number of aromatic nitrogens is 2. The smallest absolute Gasteiger partial charge is 0.254 e. The van der Waals surface area contributed by atoms with E-state index in [9.17, 15) is 9.18 Å². The zero-order chi connectivity index (χ0) is 11.7. The highest BCUT2D eigenvalue weighted by atomic mass is 35.5. The summed E-state index contributed by atoms with van der Waals surface area (Å²) < 4.78 is 13.5. The Kier molecular flexibility index (Phi) is 2.75. The van der Waals surface area contributed by atoms with Gasteiger partial charge in [-0.2, -0.15) is 0 Å². The molecule has 0 aliphatic rings. The molecule has 0 bridgehead atoms. The first-order chi connectivity index (χ1) is 7.58. The largest absolute Gasteiger partial charge is 0.306 e. The van der Waals surface area contributed by atoms with Gasteiger partial charge in [0.2, 0.25) is 0 Å². The van der Waals surface area contributed by atoms with Gasteiger partial charge in [-0.25, -0.2) is 9.37 Å². The number of hydrogen-bond acceptors (Lipinski definition) is 2.